The third kappa shape index (κ3) is 3.20. The molecule has 0 saturated carbocycles. The Morgan fingerprint density at radius 3 is 2.80 bits per heavy atom. The van der Waals surface area contributed by atoms with Crippen molar-refractivity contribution in [2.45, 2.75) is 31.8 Å². The highest BCUT2D eigenvalue weighted by Gasteiger charge is 2.46. The van der Waals surface area contributed by atoms with Crippen LogP contribution >= 0.6 is 0 Å². The van der Waals surface area contributed by atoms with Gasteiger partial charge in [-0.3, -0.25) is 9.59 Å². The Kier molecular flexibility index (Phi) is 4.66. The van der Waals surface area contributed by atoms with E-state index in [9.17, 15) is 9.59 Å². The molecule has 2 amide bonds. The molecule has 5 heteroatoms. The zero-order valence-electron chi connectivity index (χ0n) is 16.9. The first-order chi connectivity index (χ1) is 14.6. The second-order valence-corrected chi connectivity index (χ2v) is 8.03. The normalized spacial score (nSPS) is 19.9. The largest absolute Gasteiger partial charge is 0.494 e. The molecular formula is C25H24N2O3. The van der Waals surface area contributed by atoms with E-state index in [1.165, 1.54) is 0 Å². The average Bonchev–Trinajstić information content (AvgIpc) is 3.36. The van der Waals surface area contributed by atoms with E-state index < -0.39 is 0 Å². The lowest BCUT2D eigenvalue weighted by molar-refractivity contribution is -0.124. The highest BCUT2D eigenvalue weighted by Crippen LogP contribution is 2.32. The number of hydrogen-bond donors (Lipinski definition) is 1. The summed E-state index contributed by atoms with van der Waals surface area (Å²) in [6.45, 7) is 3.38. The van der Waals surface area contributed by atoms with Crippen LogP contribution in [0.5, 0.6) is 5.75 Å². The standard InChI is InChI=1S/C25H24N2O3/c1-2-11-30-20-7-3-5-17(13-20)21-8-4-6-16-12-18(9-10-22(16)21)25(29)27-15-19-14-23(27)24(28)26-19/h3-10,12-13,19,23H,2,11,14-15H2,1H3,(H,26,28)/t19-,23-/m0/s1. The van der Waals surface area contributed by atoms with E-state index in [2.05, 4.69) is 30.4 Å². The van der Waals surface area contributed by atoms with Crippen LogP contribution in [-0.4, -0.2) is 41.9 Å². The van der Waals surface area contributed by atoms with E-state index in [0.29, 0.717) is 18.7 Å². The van der Waals surface area contributed by atoms with Gasteiger partial charge in [0.05, 0.1) is 6.61 Å². The molecule has 0 spiro atoms. The number of likely N-dealkylation sites (tertiary alicyclic amines) is 1. The summed E-state index contributed by atoms with van der Waals surface area (Å²) < 4.78 is 5.79. The molecule has 5 rings (SSSR count). The molecule has 5 nitrogen and oxygen atoms in total. The van der Waals surface area contributed by atoms with Crippen molar-refractivity contribution in [2.24, 2.45) is 0 Å². The number of fused-ring (bicyclic) bond motifs is 3. The first-order valence-corrected chi connectivity index (χ1v) is 10.5. The van der Waals surface area contributed by atoms with Crippen molar-refractivity contribution in [3.63, 3.8) is 0 Å². The van der Waals surface area contributed by atoms with E-state index in [-0.39, 0.29) is 23.9 Å². The number of piperazine rings is 1. The van der Waals surface area contributed by atoms with Crippen molar-refractivity contribution in [1.82, 2.24) is 10.2 Å². The van der Waals surface area contributed by atoms with Gasteiger partial charge in [-0.05, 0) is 59.0 Å². The Hall–Kier alpha value is -3.34. The molecule has 2 atom stereocenters. The minimum absolute atomic E-state index is 0.0344. The molecule has 3 aromatic carbocycles. The SMILES string of the molecule is CCCOc1cccc(-c2cccc3cc(C(=O)N4C[C@@H]5C[C@H]4C(=O)N5)ccc23)c1. The fraction of sp³-hybridized carbons (Fsp3) is 0.280. The van der Waals surface area contributed by atoms with Gasteiger partial charge in [0.1, 0.15) is 11.8 Å². The van der Waals surface area contributed by atoms with Crippen LogP contribution in [0.4, 0.5) is 0 Å². The van der Waals surface area contributed by atoms with Crippen LogP contribution in [-0.2, 0) is 4.79 Å². The van der Waals surface area contributed by atoms with Crippen LogP contribution in [0.15, 0.2) is 60.7 Å². The Morgan fingerprint density at radius 2 is 2.00 bits per heavy atom. The van der Waals surface area contributed by atoms with Gasteiger partial charge in [0.15, 0.2) is 0 Å². The molecule has 0 unspecified atom stereocenters. The molecule has 30 heavy (non-hydrogen) atoms. The molecule has 2 fully saturated rings. The molecule has 2 saturated heterocycles. The molecule has 3 aromatic rings. The molecule has 2 aliphatic rings. The number of rotatable bonds is 5. The Balaban J connectivity index is 1.47. The Bertz CT molecular complexity index is 1140. The molecule has 0 aromatic heterocycles. The highest BCUT2D eigenvalue weighted by molar-refractivity contribution is 6.04. The lowest BCUT2D eigenvalue weighted by Gasteiger charge is -2.26. The molecular weight excluding hydrogens is 376 g/mol. The summed E-state index contributed by atoms with van der Waals surface area (Å²) in [4.78, 5) is 26.7. The van der Waals surface area contributed by atoms with E-state index >= 15 is 0 Å². The van der Waals surface area contributed by atoms with Gasteiger partial charge >= 0.3 is 0 Å². The van der Waals surface area contributed by atoms with Gasteiger partial charge in [0, 0.05) is 18.2 Å². The zero-order valence-corrected chi connectivity index (χ0v) is 16.9. The van der Waals surface area contributed by atoms with E-state index in [1.807, 2.05) is 42.5 Å². The number of carbonyl (C=O) groups excluding carboxylic acids is 2. The van der Waals surface area contributed by atoms with Crippen LogP contribution in [0.2, 0.25) is 0 Å². The summed E-state index contributed by atoms with van der Waals surface area (Å²) in [5, 5.41) is 5.01. The molecule has 152 valence electrons. The van der Waals surface area contributed by atoms with Crippen molar-refractivity contribution in [3.8, 4) is 16.9 Å². The van der Waals surface area contributed by atoms with Crippen LogP contribution < -0.4 is 10.1 Å². The second-order valence-electron chi connectivity index (χ2n) is 8.03. The predicted octanol–water partition coefficient (Wildman–Crippen LogP) is 4.01. The Morgan fingerprint density at radius 1 is 1.13 bits per heavy atom. The number of ether oxygens (including phenoxy) is 1. The van der Waals surface area contributed by atoms with Crippen LogP contribution in [0.3, 0.4) is 0 Å². The van der Waals surface area contributed by atoms with Gasteiger partial charge < -0.3 is 15.0 Å². The van der Waals surface area contributed by atoms with Crippen molar-refractivity contribution < 1.29 is 14.3 Å². The van der Waals surface area contributed by atoms with Crippen molar-refractivity contribution in [1.29, 1.82) is 0 Å². The molecule has 0 radical (unpaired) electrons. The first kappa shape index (κ1) is 18.7. The number of nitrogens with one attached hydrogen (secondary N) is 1. The van der Waals surface area contributed by atoms with Crippen LogP contribution in [0, 0.1) is 0 Å². The van der Waals surface area contributed by atoms with Crippen LogP contribution in [0.1, 0.15) is 30.1 Å². The fourth-order valence-electron chi connectivity index (χ4n) is 4.52. The maximum absolute atomic E-state index is 13.1. The minimum atomic E-state index is -0.324. The van der Waals surface area contributed by atoms with Gasteiger partial charge in [0.2, 0.25) is 5.91 Å². The molecule has 2 aliphatic heterocycles. The molecule has 2 bridgehead atoms. The number of hydrogen-bond acceptors (Lipinski definition) is 3. The lowest BCUT2D eigenvalue weighted by atomic mass is 9.96. The number of nitrogens with zero attached hydrogens (tertiary/aromatic N) is 1. The minimum Gasteiger partial charge on any atom is -0.494 e. The zero-order chi connectivity index (χ0) is 20.7. The molecule has 2 heterocycles. The predicted molar refractivity (Wildman–Crippen MR) is 117 cm³/mol. The maximum atomic E-state index is 13.1. The smallest absolute Gasteiger partial charge is 0.254 e. The average molecular weight is 400 g/mol. The highest BCUT2D eigenvalue weighted by atomic mass is 16.5. The summed E-state index contributed by atoms with van der Waals surface area (Å²) in [7, 11) is 0. The van der Waals surface area contributed by atoms with E-state index in [4.69, 9.17) is 4.74 Å². The lowest BCUT2D eigenvalue weighted by Crippen LogP contribution is -2.50. The summed E-state index contributed by atoms with van der Waals surface area (Å²) in [6.07, 6.45) is 1.69. The topological polar surface area (TPSA) is 58.6 Å². The monoisotopic (exact) mass is 400 g/mol. The number of benzene rings is 3. The Labute approximate surface area is 175 Å². The van der Waals surface area contributed by atoms with Gasteiger partial charge in [-0.2, -0.15) is 0 Å². The molecule has 0 aliphatic carbocycles. The molecule has 1 N–H and O–H groups in total. The van der Waals surface area contributed by atoms with Gasteiger partial charge in [-0.15, -0.1) is 0 Å². The number of carbonyl (C=O) groups is 2. The third-order valence-corrected chi connectivity index (χ3v) is 5.96. The van der Waals surface area contributed by atoms with Crippen molar-refractivity contribution >= 4 is 22.6 Å². The maximum Gasteiger partial charge on any atom is 0.254 e. The first-order valence-electron chi connectivity index (χ1n) is 10.5. The summed E-state index contributed by atoms with van der Waals surface area (Å²) in [6, 6.07) is 19.8. The van der Waals surface area contributed by atoms with E-state index in [1.54, 1.807) is 4.90 Å². The van der Waals surface area contributed by atoms with Crippen molar-refractivity contribution in [2.75, 3.05) is 13.2 Å². The summed E-state index contributed by atoms with van der Waals surface area (Å²) in [5.74, 6) is 0.757. The quantitative estimate of drug-likeness (QED) is 0.704. The van der Waals surface area contributed by atoms with Gasteiger partial charge in [0.25, 0.3) is 5.91 Å². The number of amides is 2. The van der Waals surface area contributed by atoms with Gasteiger partial charge in [-0.25, -0.2) is 0 Å². The summed E-state index contributed by atoms with van der Waals surface area (Å²) in [5.41, 5.74) is 2.81. The van der Waals surface area contributed by atoms with Crippen molar-refractivity contribution in [3.05, 3.63) is 66.2 Å². The fourth-order valence-corrected chi connectivity index (χ4v) is 4.52. The van der Waals surface area contributed by atoms with E-state index in [0.717, 1.165) is 40.5 Å². The van der Waals surface area contributed by atoms with Crippen LogP contribution in [0.25, 0.3) is 21.9 Å². The second kappa shape index (κ2) is 7.48. The third-order valence-electron chi connectivity index (χ3n) is 5.96. The van der Waals surface area contributed by atoms with Gasteiger partial charge in [-0.1, -0.05) is 43.3 Å². The summed E-state index contributed by atoms with van der Waals surface area (Å²) >= 11 is 0.